The summed E-state index contributed by atoms with van der Waals surface area (Å²) >= 11 is 1.16. The van der Waals surface area contributed by atoms with E-state index in [0.717, 1.165) is 41.7 Å². The number of hydrogen-bond donors (Lipinski definition) is 1. The number of carbonyl (C=O) groups excluding carboxylic acids is 1. The monoisotopic (exact) mass is 766 g/mol. The smallest absolute Gasteiger partial charge is 0.207 e. The number of hydrogen-bond acceptors (Lipinski definition) is 8. The Hall–Kier alpha value is -5.14. The molecule has 13 heteroatoms. The number of aryl methyl sites for hydroxylation is 1. The molecule has 0 aliphatic heterocycles. The standard InChI is InChI=1S/C33H30F3N3O3S.C5H12O.C3H7NO/c1-20-6-8-21(9-7-20)22-14-27(35)25(28(36)15-22)19-43-33-37-18-32(39(33)24-10-12-26(34)30(17-24)41-4)38(2)23-11-13-29(40-3)31(16-23)42-5;1-4-6-5(2)3;1-2-4-3-5/h6-18H,19H2,1-5H3;5H,4H2,1-3H3;3H,2H2,1H3,(H,4,5). The number of ether oxygens (including phenoxy) is 4. The normalized spacial score (nSPS) is 10.5. The zero-order valence-electron chi connectivity index (χ0n) is 32.2. The van der Waals surface area contributed by atoms with Crippen molar-refractivity contribution in [2.24, 2.45) is 0 Å². The average Bonchev–Trinajstić information content (AvgIpc) is 3.59. The van der Waals surface area contributed by atoms with Gasteiger partial charge in [0.1, 0.15) is 17.5 Å². The molecule has 1 aromatic heterocycles. The van der Waals surface area contributed by atoms with E-state index in [4.69, 9.17) is 18.9 Å². The van der Waals surface area contributed by atoms with Crippen LogP contribution in [-0.4, -0.2) is 63.6 Å². The number of halogens is 3. The Bertz CT molecular complexity index is 1920. The summed E-state index contributed by atoms with van der Waals surface area (Å²) in [5.41, 5.74) is 3.49. The molecule has 5 aromatic rings. The molecular formula is C41H49F3N4O5S. The van der Waals surface area contributed by atoms with Gasteiger partial charge in [-0.05, 0) is 82.1 Å². The molecule has 1 heterocycles. The Morgan fingerprint density at radius 2 is 1.48 bits per heavy atom. The maximum absolute atomic E-state index is 15.3. The van der Waals surface area contributed by atoms with Crippen LogP contribution in [0.5, 0.6) is 17.2 Å². The first-order valence-electron chi connectivity index (χ1n) is 17.3. The summed E-state index contributed by atoms with van der Waals surface area (Å²) in [4.78, 5) is 15.8. The Morgan fingerprint density at radius 3 is 2.00 bits per heavy atom. The van der Waals surface area contributed by atoms with Gasteiger partial charge in [-0.15, -0.1) is 0 Å². The highest BCUT2D eigenvalue weighted by atomic mass is 32.2. The van der Waals surface area contributed by atoms with Gasteiger partial charge < -0.3 is 29.2 Å². The number of nitrogens with zero attached hydrogens (tertiary/aromatic N) is 3. The lowest BCUT2D eigenvalue weighted by molar-refractivity contribution is -0.109. The largest absolute Gasteiger partial charge is 0.494 e. The minimum absolute atomic E-state index is 0.0271. The summed E-state index contributed by atoms with van der Waals surface area (Å²) in [7, 11) is 6.34. The summed E-state index contributed by atoms with van der Waals surface area (Å²) in [6, 6.07) is 20.0. The van der Waals surface area contributed by atoms with Crippen molar-refractivity contribution in [3.8, 4) is 34.1 Å². The van der Waals surface area contributed by atoms with Gasteiger partial charge in [-0.3, -0.25) is 9.36 Å². The van der Waals surface area contributed by atoms with Gasteiger partial charge >= 0.3 is 0 Å². The number of aromatic nitrogens is 2. The molecule has 0 saturated carbocycles. The van der Waals surface area contributed by atoms with Gasteiger partial charge in [0.25, 0.3) is 0 Å². The topological polar surface area (TPSA) is 87.1 Å². The highest BCUT2D eigenvalue weighted by Gasteiger charge is 2.21. The minimum Gasteiger partial charge on any atom is -0.494 e. The molecule has 0 aliphatic rings. The van der Waals surface area contributed by atoms with Crippen LogP contribution in [0.15, 0.2) is 84.1 Å². The Morgan fingerprint density at radius 1 is 0.833 bits per heavy atom. The number of thioether (sulfide) groups is 1. The number of nitrogens with one attached hydrogen (secondary N) is 1. The number of carbonyl (C=O) groups is 1. The fourth-order valence-electron chi connectivity index (χ4n) is 5.07. The third-order valence-electron chi connectivity index (χ3n) is 7.86. The van der Waals surface area contributed by atoms with Crippen LogP contribution in [0.1, 0.15) is 38.8 Å². The van der Waals surface area contributed by atoms with E-state index in [9.17, 15) is 9.18 Å². The Kier molecular flexibility index (Phi) is 17.3. The van der Waals surface area contributed by atoms with Crippen molar-refractivity contribution >= 4 is 29.7 Å². The van der Waals surface area contributed by atoms with Gasteiger partial charge in [0.2, 0.25) is 6.41 Å². The summed E-state index contributed by atoms with van der Waals surface area (Å²) in [6.07, 6.45) is 2.72. The van der Waals surface area contributed by atoms with E-state index < -0.39 is 17.5 Å². The zero-order valence-corrected chi connectivity index (χ0v) is 33.0. The quantitative estimate of drug-likeness (QED) is 0.0884. The molecule has 0 saturated heterocycles. The van der Waals surface area contributed by atoms with Crippen LogP contribution < -0.4 is 24.4 Å². The van der Waals surface area contributed by atoms with Crippen LogP contribution >= 0.6 is 11.8 Å². The van der Waals surface area contributed by atoms with Gasteiger partial charge in [0, 0.05) is 49.3 Å². The molecule has 290 valence electrons. The first kappa shape index (κ1) is 43.3. The predicted molar refractivity (Wildman–Crippen MR) is 210 cm³/mol. The van der Waals surface area contributed by atoms with Crippen molar-refractivity contribution in [2.75, 3.05) is 46.4 Å². The molecule has 5 rings (SSSR count). The van der Waals surface area contributed by atoms with Gasteiger partial charge in [-0.1, -0.05) is 41.6 Å². The molecule has 0 aliphatic carbocycles. The molecule has 0 bridgehead atoms. The van der Waals surface area contributed by atoms with E-state index >= 15 is 8.78 Å². The van der Waals surface area contributed by atoms with Crippen molar-refractivity contribution in [1.29, 1.82) is 0 Å². The molecule has 0 fully saturated rings. The van der Waals surface area contributed by atoms with Crippen molar-refractivity contribution in [2.45, 2.75) is 51.6 Å². The summed E-state index contributed by atoms with van der Waals surface area (Å²) in [5.74, 6) is -0.0700. The van der Waals surface area contributed by atoms with Gasteiger partial charge in [0.15, 0.2) is 28.2 Å². The molecule has 1 amide bonds. The van der Waals surface area contributed by atoms with Crippen LogP contribution in [0.2, 0.25) is 0 Å². The first-order chi connectivity index (χ1) is 25.9. The number of anilines is 2. The van der Waals surface area contributed by atoms with E-state index in [2.05, 4.69) is 10.3 Å². The summed E-state index contributed by atoms with van der Waals surface area (Å²) < 4.78 is 67.8. The van der Waals surface area contributed by atoms with Crippen LogP contribution in [0.25, 0.3) is 16.8 Å². The van der Waals surface area contributed by atoms with E-state index in [-0.39, 0.29) is 17.1 Å². The first-order valence-corrected chi connectivity index (χ1v) is 18.2. The van der Waals surface area contributed by atoms with Gasteiger partial charge in [0.05, 0.1) is 39.3 Å². The number of benzene rings is 4. The van der Waals surface area contributed by atoms with E-state index in [1.807, 2.05) is 83.0 Å². The lowest BCUT2D eigenvalue weighted by atomic mass is 10.0. The molecule has 4 aromatic carbocycles. The predicted octanol–water partition coefficient (Wildman–Crippen LogP) is 9.53. The second-order valence-electron chi connectivity index (χ2n) is 11.9. The van der Waals surface area contributed by atoms with E-state index in [1.165, 1.54) is 25.3 Å². The van der Waals surface area contributed by atoms with Gasteiger partial charge in [-0.2, -0.15) is 0 Å². The fourth-order valence-corrected chi connectivity index (χ4v) is 6.07. The average molecular weight is 767 g/mol. The van der Waals surface area contributed by atoms with Crippen molar-refractivity contribution in [1.82, 2.24) is 14.9 Å². The second-order valence-corrected chi connectivity index (χ2v) is 12.8. The highest BCUT2D eigenvalue weighted by Crippen LogP contribution is 2.38. The molecule has 0 atom stereocenters. The molecular weight excluding hydrogens is 718 g/mol. The fraction of sp³-hybridized carbons (Fsp3) is 0.317. The third kappa shape index (κ3) is 11.7. The Balaban J connectivity index is 0.000000624. The maximum atomic E-state index is 15.3. The van der Waals surface area contributed by atoms with E-state index in [0.29, 0.717) is 46.2 Å². The SMILES string of the molecule is CCNC=O.CCOC(C)C.COc1cc(-n2c(N(C)c3ccc(OC)c(OC)c3)cnc2SCc2c(F)cc(-c3ccc(C)cc3)cc2F)ccc1F. The summed E-state index contributed by atoms with van der Waals surface area (Å²) in [5, 5.41) is 2.87. The lowest BCUT2D eigenvalue weighted by Crippen LogP contribution is -2.14. The second kappa shape index (κ2) is 21.5. The molecule has 0 spiro atoms. The van der Waals surface area contributed by atoms with Gasteiger partial charge in [-0.25, -0.2) is 18.2 Å². The summed E-state index contributed by atoms with van der Waals surface area (Å²) in [6.45, 7) is 11.4. The number of amides is 1. The van der Waals surface area contributed by atoms with Crippen LogP contribution in [0.4, 0.5) is 24.7 Å². The maximum Gasteiger partial charge on any atom is 0.207 e. The molecule has 0 radical (unpaired) electrons. The molecule has 1 N–H and O–H groups in total. The van der Waals surface area contributed by atoms with Crippen molar-refractivity contribution in [3.63, 3.8) is 0 Å². The van der Waals surface area contributed by atoms with Crippen LogP contribution in [0.3, 0.4) is 0 Å². The Labute approximate surface area is 320 Å². The number of imidazole rings is 1. The lowest BCUT2D eigenvalue weighted by Gasteiger charge is -2.23. The highest BCUT2D eigenvalue weighted by molar-refractivity contribution is 7.98. The van der Waals surface area contributed by atoms with Crippen LogP contribution in [-0.2, 0) is 15.3 Å². The van der Waals surface area contributed by atoms with E-state index in [1.54, 1.807) is 43.2 Å². The van der Waals surface area contributed by atoms with Crippen LogP contribution in [0, 0.1) is 24.4 Å². The molecule has 9 nitrogen and oxygen atoms in total. The van der Waals surface area contributed by atoms with Crippen molar-refractivity contribution < 1.29 is 36.9 Å². The molecule has 54 heavy (non-hydrogen) atoms. The number of methoxy groups -OCH3 is 3. The number of rotatable bonds is 14. The third-order valence-corrected chi connectivity index (χ3v) is 8.84. The minimum atomic E-state index is -0.646. The molecule has 0 unspecified atom stereocenters. The van der Waals surface area contributed by atoms with Crippen molar-refractivity contribution in [3.05, 3.63) is 108 Å². The zero-order chi connectivity index (χ0) is 39.8.